The van der Waals surface area contributed by atoms with E-state index in [1.54, 1.807) is 4.90 Å². The average molecular weight is 449 g/mol. The molecule has 1 aliphatic heterocycles. The molecule has 29 heavy (non-hydrogen) atoms. The number of benzene rings is 3. The molecule has 4 rings (SSSR count). The van der Waals surface area contributed by atoms with Crippen LogP contribution in [-0.2, 0) is 16.0 Å². The predicted molar refractivity (Wildman–Crippen MR) is 118 cm³/mol. The summed E-state index contributed by atoms with van der Waals surface area (Å²) < 4.78 is 0.907. The third kappa shape index (κ3) is 4.40. The number of anilines is 1. The molecule has 0 fully saturated rings. The monoisotopic (exact) mass is 448 g/mol. The Bertz CT molecular complexity index is 1020. The lowest BCUT2D eigenvalue weighted by Gasteiger charge is -2.31. The van der Waals surface area contributed by atoms with Gasteiger partial charge in [-0.1, -0.05) is 76.6 Å². The third-order valence-corrected chi connectivity index (χ3v) is 5.61. The van der Waals surface area contributed by atoms with Crippen molar-refractivity contribution in [3.05, 3.63) is 100 Å². The van der Waals surface area contributed by atoms with E-state index in [1.807, 2.05) is 78.9 Å². The first-order chi connectivity index (χ1) is 14.1. The predicted octanol–water partition coefficient (Wildman–Crippen LogP) is 4.95. The van der Waals surface area contributed by atoms with Crippen LogP contribution in [0.2, 0.25) is 0 Å². The van der Waals surface area contributed by atoms with E-state index in [1.165, 1.54) is 0 Å². The Kier molecular flexibility index (Phi) is 5.76. The number of hydrogen-bond donors (Lipinski definition) is 1. The van der Waals surface area contributed by atoms with Crippen molar-refractivity contribution in [3.8, 4) is 0 Å². The summed E-state index contributed by atoms with van der Waals surface area (Å²) >= 11 is 3.53. The zero-order valence-electron chi connectivity index (χ0n) is 15.8. The lowest BCUT2D eigenvalue weighted by molar-refractivity contribution is -0.136. The molecule has 0 unspecified atom stereocenters. The number of carbonyl (C=O) groups is 2. The van der Waals surface area contributed by atoms with Gasteiger partial charge in [0.15, 0.2) is 0 Å². The fourth-order valence-corrected chi connectivity index (χ4v) is 4.12. The molecule has 1 N–H and O–H groups in total. The van der Waals surface area contributed by atoms with Gasteiger partial charge in [0.1, 0.15) is 6.54 Å². The fourth-order valence-electron chi connectivity index (χ4n) is 3.74. The van der Waals surface area contributed by atoms with Gasteiger partial charge in [0.25, 0.3) is 0 Å². The van der Waals surface area contributed by atoms with Gasteiger partial charge < -0.3 is 10.2 Å². The summed E-state index contributed by atoms with van der Waals surface area (Å²) in [5.74, 6) is -0.217. The van der Waals surface area contributed by atoms with Crippen molar-refractivity contribution < 1.29 is 9.59 Å². The number of nitrogens with one attached hydrogen (secondary N) is 1. The molecule has 2 amide bonds. The van der Waals surface area contributed by atoms with Crippen LogP contribution >= 0.6 is 15.9 Å². The molecule has 3 aromatic carbocycles. The molecular weight excluding hydrogens is 428 g/mol. The quantitative estimate of drug-likeness (QED) is 0.613. The topological polar surface area (TPSA) is 49.4 Å². The Balaban J connectivity index is 1.71. The summed E-state index contributed by atoms with van der Waals surface area (Å²) in [7, 11) is 0. The zero-order chi connectivity index (χ0) is 20.2. The molecule has 5 heteroatoms. The van der Waals surface area contributed by atoms with Gasteiger partial charge in [-0.05, 0) is 35.7 Å². The van der Waals surface area contributed by atoms with E-state index < -0.39 is 0 Å². The molecule has 0 radical (unpaired) electrons. The van der Waals surface area contributed by atoms with Gasteiger partial charge in [0.05, 0.1) is 6.04 Å². The SMILES string of the molecule is O=C1CN(C(=O)CCc2ccccc2)[C@@H](c2ccccc2)c2cc(Br)ccc2N1. The minimum Gasteiger partial charge on any atom is -0.324 e. The Hall–Kier alpha value is -2.92. The Morgan fingerprint density at radius 2 is 1.69 bits per heavy atom. The fraction of sp³-hybridized carbons (Fsp3) is 0.167. The number of amides is 2. The lowest BCUT2D eigenvalue weighted by atomic mass is 9.95. The van der Waals surface area contributed by atoms with Crippen molar-refractivity contribution in [2.45, 2.75) is 18.9 Å². The number of halogens is 1. The van der Waals surface area contributed by atoms with Crippen molar-refractivity contribution >= 4 is 33.4 Å². The highest BCUT2D eigenvalue weighted by Gasteiger charge is 2.33. The molecule has 3 aromatic rings. The van der Waals surface area contributed by atoms with Crippen LogP contribution in [0.3, 0.4) is 0 Å². The van der Waals surface area contributed by atoms with Crippen molar-refractivity contribution in [2.24, 2.45) is 0 Å². The van der Waals surface area contributed by atoms with Crippen molar-refractivity contribution in [3.63, 3.8) is 0 Å². The van der Waals surface area contributed by atoms with Crippen LogP contribution in [0, 0.1) is 0 Å². The van der Waals surface area contributed by atoms with Gasteiger partial charge in [-0.25, -0.2) is 0 Å². The second-order valence-corrected chi connectivity index (χ2v) is 8.02. The highest BCUT2D eigenvalue weighted by molar-refractivity contribution is 9.10. The zero-order valence-corrected chi connectivity index (χ0v) is 17.4. The highest BCUT2D eigenvalue weighted by Crippen LogP contribution is 2.37. The van der Waals surface area contributed by atoms with Crippen LogP contribution in [0.5, 0.6) is 0 Å². The maximum atomic E-state index is 13.3. The van der Waals surface area contributed by atoms with Crippen LogP contribution in [0.15, 0.2) is 83.3 Å². The molecule has 1 aliphatic rings. The molecule has 0 aliphatic carbocycles. The van der Waals surface area contributed by atoms with Gasteiger partial charge >= 0.3 is 0 Å². The standard InChI is InChI=1S/C24H21BrN2O2/c25-19-12-13-21-20(15-19)24(18-9-5-2-6-10-18)27(16-22(28)26-21)23(29)14-11-17-7-3-1-4-8-17/h1-10,12-13,15,24H,11,14,16H2,(H,26,28)/t24-/m0/s1. The van der Waals surface area contributed by atoms with Crippen LogP contribution in [0.4, 0.5) is 5.69 Å². The molecule has 1 heterocycles. The molecule has 0 spiro atoms. The first kappa shape index (κ1) is 19.4. The van der Waals surface area contributed by atoms with E-state index >= 15 is 0 Å². The molecule has 146 valence electrons. The number of nitrogens with zero attached hydrogens (tertiary/aromatic N) is 1. The number of hydrogen-bond acceptors (Lipinski definition) is 2. The summed E-state index contributed by atoms with van der Waals surface area (Å²) in [6.07, 6.45) is 0.995. The smallest absolute Gasteiger partial charge is 0.244 e. The van der Waals surface area contributed by atoms with Gasteiger partial charge in [0, 0.05) is 22.1 Å². The number of fused-ring (bicyclic) bond motifs is 1. The van der Waals surface area contributed by atoms with Crippen LogP contribution in [0.1, 0.15) is 29.2 Å². The maximum Gasteiger partial charge on any atom is 0.244 e. The second-order valence-electron chi connectivity index (χ2n) is 7.10. The Morgan fingerprint density at radius 1 is 1.00 bits per heavy atom. The average Bonchev–Trinajstić information content (AvgIpc) is 2.89. The summed E-state index contributed by atoms with van der Waals surface area (Å²) in [6, 6.07) is 25.2. The third-order valence-electron chi connectivity index (χ3n) is 5.11. The van der Waals surface area contributed by atoms with E-state index in [2.05, 4.69) is 21.2 Å². The minimum absolute atomic E-state index is 0.0273. The van der Waals surface area contributed by atoms with Gasteiger partial charge in [-0.15, -0.1) is 0 Å². The minimum atomic E-state index is -0.328. The van der Waals surface area contributed by atoms with Crippen LogP contribution in [-0.4, -0.2) is 23.3 Å². The van der Waals surface area contributed by atoms with E-state index in [4.69, 9.17) is 0 Å². The molecule has 0 saturated carbocycles. The van der Waals surface area contributed by atoms with Gasteiger partial charge in [-0.2, -0.15) is 0 Å². The summed E-state index contributed by atoms with van der Waals surface area (Å²) in [5.41, 5.74) is 3.74. The van der Waals surface area contributed by atoms with Crippen LogP contribution < -0.4 is 5.32 Å². The molecule has 0 bridgehead atoms. The first-order valence-corrected chi connectivity index (χ1v) is 10.4. The summed E-state index contributed by atoms with van der Waals surface area (Å²) in [6.45, 7) is 0.0273. The largest absolute Gasteiger partial charge is 0.324 e. The summed E-state index contributed by atoms with van der Waals surface area (Å²) in [5, 5.41) is 2.95. The number of carbonyl (C=O) groups excluding carboxylic acids is 2. The lowest BCUT2D eigenvalue weighted by Crippen LogP contribution is -2.39. The first-order valence-electron chi connectivity index (χ1n) is 9.59. The van der Waals surface area contributed by atoms with Gasteiger partial charge in [0.2, 0.25) is 11.8 Å². The van der Waals surface area contributed by atoms with E-state index in [0.29, 0.717) is 12.8 Å². The van der Waals surface area contributed by atoms with Gasteiger partial charge in [-0.3, -0.25) is 9.59 Å². The highest BCUT2D eigenvalue weighted by atomic mass is 79.9. The van der Waals surface area contributed by atoms with Crippen molar-refractivity contribution in [1.82, 2.24) is 4.90 Å². The van der Waals surface area contributed by atoms with E-state index in [-0.39, 0.29) is 24.4 Å². The Labute approximate surface area is 178 Å². The van der Waals surface area contributed by atoms with Crippen molar-refractivity contribution in [2.75, 3.05) is 11.9 Å². The molecule has 0 aromatic heterocycles. The molecular formula is C24H21BrN2O2. The number of rotatable bonds is 4. The Morgan fingerprint density at radius 3 is 2.41 bits per heavy atom. The number of aryl methyl sites for hydroxylation is 1. The van der Waals surface area contributed by atoms with E-state index in [0.717, 1.165) is 26.9 Å². The van der Waals surface area contributed by atoms with Crippen LogP contribution in [0.25, 0.3) is 0 Å². The maximum absolute atomic E-state index is 13.3. The normalized spacial score (nSPS) is 16.0. The molecule has 0 saturated heterocycles. The van der Waals surface area contributed by atoms with Crippen molar-refractivity contribution in [1.29, 1.82) is 0 Å². The second kappa shape index (κ2) is 8.62. The molecule has 1 atom stereocenters. The van der Waals surface area contributed by atoms with E-state index in [9.17, 15) is 9.59 Å². The molecule has 4 nitrogen and oxygen atoms in total. The summed E-state index contributed by atoms with van der Waals surface area (Å²) in [4.78, 5) is 27.6.